The Bertz CT molecular complexity index is 1610. The molecule has 4 rings (SSSR count). The molecule has 4 atom stereocenters. The highest BCUT2D eigenvalue weighted by Gasteiger charge is 2.53. The van der Waals surface area contributed by atoms with Gasteiger partial charge in [0.05, 0.1) is 16.7 Å². The number of aromatic nitrogens is 4. The molecule has 2 aliphatic heterocycles. The van der Waals surface area contributed by atoms with Gasteiger partial charge in [0.2, 0.25) is 29.3 Å². The lowest BCUT2D eigenvalue weighted by atomic mass is 9.85. The summed E-state index contributed by atoms with van der Waals surface area (Å²) in [6.45, 7) is 12.2. The summed E-state index contributed by atoms with van der Waals surface area (Å²) in [5.41, 5.74) is -0.854. The minimum absolute atomic E-state index is 0.151. The number of tetrazole rings is 1. The maximum atomic E-state index is 14.4. The van der Waals surface area contributed by atoms with Gasteiger partial charge in [-0.2, -0.15) is 5.21 Å². The lowest BCUT2D eigenvalue weighted by Gasteiger charge is -2.36. The number of Topliss-reactive ketones (excluding diaryl/α,β-unsaturated/α-hetero) is 1. The molecule has 0 aliphatic carbocycles. The Kier molecular flexibility index (Phi) is 13.9. The molecule has 1 aromatic carbocycles. The number of likely N-dealkylation sites (tertiary alicyclic amines) is 1. The number of hydrogen-bond acceptors (Lipinski definition) is 12. The predicted molar refractivity (Wildman–Crippen MR) is 200 cm³/mol. The number of hydrogen-bond donors (Lipinski definition) is 5. The van der Waals surface area contributed by atoms with Gasteiger partial charge in [0.15, 0.2) is 0 Å². The molecule has 2 aromatic rings. The van der Waals surface area contributed by atoms with Gasteiger partial charge < -0.3 is 30.9 Å². The lowest BCUT2D eigenvalue weighted by Crippen LogP contribution is -2.59. The molecule has 0 radical (unpaired) electrons. The quantitative estimate of drug-likeness (QED) is 0.186. The Balaban J connectivity index is 1.47. The first-order valence-corrected chi connectivity index (χ1v) is 19.7. The number of alkyl carbamates (subject to hydrolysis) is 1. The molecule has 0 bridgehead atoms. The van der Waals surface area contributed by atoms with E-state index >= 15 is 0 Å². The number of nitrogens with one attached hydrogen (secondary N) is 5. The van der Waals surface area contributed by atoms with Gasteiger partial charge in [-0.25, -0.2) is 4.79 Å². The van der Waals surface area contributed by atoms with Gasteiger partial charge in [-0.05, 0) is 56.1 Å². The summed E-state index contributed by atoms with van der Waals surface area (Å²) in [4.78, 5) is 82.4. The molecule has 0 saturated carbocycles. The first-order chi connectivity index (χ1) is 24.9. The Morgan fingerprint density at radius 1 is 1.00 bits per heavy atom. The number of ketones is 1. The molecule has 53 heavy (non-hydrogen) atoms. The van der Waals surface area contributed by atoms with Crippen LogP contribution in [0.3, 0.4) is 0 Å². The van der Waals surface area contributed by atoms with Crippen molar-refractivity contribution in [2.24, 2.45) is 5.41 Å². The van der Waals surface area contributed by atoms with Gasteiger partial charge in [-0.1, -0.05) is 69.7 Å². The predicted octanol–water partition coefficient (Wildman–Crippen LogP) is 2.48. The van der Waals surface area contributed by atoms with E-state index in [1.54, 1.807) is 68.6 Å². The zero-order valence-electron chi connectivity index (χ0n) is 31.3. The Morgan fingerprint density at radius 3 is 2.26 bits per heavy atom. The second-order valence-electron chi connectivity index (χ2n) is 15.2. The smallest absolute Gasteiger partial charge is 0.408 e. The third kappa shape index (κ3) is 11.4. The Labute approximate surface area is 318 Å². The molecule has 2 aliphatic rings. The number of ether oxygens (including phenoxy) is 1. The second kappa shape index (κ2) is 17.8. The highest BCUT2D eigenvalue weighted by Crippen LogP contribution is 2.50. The zero-order valence-corrected chi connectivity index (χ0v) is 32.9. The molecule has 2 fully saturated rings. The summed E-state index contributed by atoms with van der Waals surface area (Å²) in [5, 5.41) is 24.5. The Hall–Kier alpha value is -4.19. The fraction of sp³-hybridized carbons (Fsp3) is 0.629. The summed E-state index contributed by atoms with van der Waals surface area (Å²) < 4.78 is 5.01. The van der Waals surface area contributed by atoms with Gasteiger partial charge in [0.25, 0.3) is 5.91 Å². The third-order valence-electron chi connectivity index (χ3n) is 8.57. The monoisotopic (exact) mass is 773 g/mol. The van der Waals surface area contributed by atoms with Crippen molar-refractivity contribution in [3.05, 3.63) is 41.7 Å². The van der Waals surface area contributed by atoms with E-state index < -0.39 is 81.3 Å². The van der Waals surface area contributed by atoms with Gasteiger partial charge in [0.1, 0.15) is 23.7 Å². The van der Waals surface area contributed by atoms with Gasteiger partial charge in [-0.15, -0.1) is 33.7 Å². The minimum atomic E-state index is -1.20. The molecule has 18 heteroatoms. The number of rotatable bonds is 13. The number of carbonyl (C=O) groups is 6. The van der Waals surface area contributed by atoms with E-state index in [9.17, 15) is 28.8 Å². The number of thioether (sulfide) groups is 2. The molecule has 2 unspecified atom stereocenters. The molecule has 16 nitrogen and oxygen atoms in total. The van der Waals surface area contributed by atoms with Crippen molar-refractivity contribution in [1.82, 2.24) is 46.8 Å². The molecule has 5 amide bonds. The molecule has 3 heterocycles. The summed E-state index contributed by atoms with van der Waals surface area (Å²) in [5.74, 6) is -1.64. The maximum absolute atomic E-state index is 14.4. The highest BCUT2D eigenvalue weighted by molar-refractivity contribution is 8.18. The topological polar surface area (TPSA) is 217 Å². The van der Waals surface area contributed by atoms with Crippen molar-refractivity contribution in [3.8, 4) is 0 Å². The average molecular weight is 774 g/mol. The van der Waals surface area contributed by atoms with Gasteiger partial charge >= 0.3 is 6.09 Å². The number of H-pyrrole nitrogens is 1. The first-order valence-electron chi connectivity index (χ1n) is 17.7. The van der Waals surface area contributed by atoms with Crippen LogP contribution in [0.25, 0.3) is 0 Å². The fourth-order valence-corrected chi connectivity index (χ4v) is 9.40. The third-order valence-corrected chi connectivity index (χ3v) is 11.9. The van der Waals surface area contributed by atoms with Crippen LogP contribution in [0.4, 0.5) is 4.79 Å². The van der Waals surface area contributed by atoms with Crippen LogP contribution in [0.15, 0.2) is 30.3 Å². The van der Waals surface area contributed by atoms with Crippen LogP contribution < -0.4 is 21.3 Å². The number of benzene rings is 1. The summed E-state index contributed by atoms with van der Waals surface area (Å²) in [6.07, 6.45) is 1.18. The van der Waals surface area contributed by atoms with E-state index in [0.29, 0.717) is 18.4 Å². The van der Waals surface area contributed by atoms with Crippen LogP contribution in [0, 0.1) is 5.41 Å². The number of carbonyl (C=O) groups excluding carboxylic acids is 6. The van der Waals surface area contributed by atoms with Crippen molar-refractivity contribution in [3.63, 3.8) is 0 Å². The van der Waals surface area contributed by atoms with Crippen molar-refractivity contribution in [1.29, 1.82) is 0 Å². The number of amides is 5. The van der Waals surface area contributed by atoms with E-state index in [-0.39, 0.29) is 18.8 Å². The van der Waals surface area contributed by atoms with Crippen LogP contribution in [0.1, 0.15) is 91.6 Å². The van der Waals surface area contributed by atoms with Gasteiger partial charge in [0, 0.05) is 13.0 Å². The lowest BCUT2D eigenvalue weighted by molar-refractivity contribution is -0.144. The van der Waals surface area contributed by atoms with Crippen molar-refractivity contribution >= 4 is 59.0 Å². The van der Waals surface area contributed by atoms with Crippen LogP contribution in [-0.4, -0.2) is 113 Å². The molecule has 2 saturated heterocycles. The SMILES string of the molecule is CCCC(NC(=O)[C@@H]1CC2(CN1C(=O)[C@@H](NC(=O)OC(C)(C)C)C(C)(C)C)SCCCS2)C(=O)C(=O)NCC(=O)NC(c1ccccc1)c1nn[nH]n1. The normalized spacial score (nSPS) is 18.7. The van der Waals surface area contributed by atoms with Crippen LogP contribution in [0.2, 0.25) is 0 Å². The molecular formula is C35H51N9O7S2. The average Bonchev–Trinajstić information content (AvgIpc) is 3.76. The van der Waals surface area contributed by atoms with E-state index in [4.69, 9.17) is 4.74 Å². The van der Waals surface area contributed by atoms with Crippen LogP contribution in [-0.2, 0) is 28.7 Å². The Morgan fingerprint density at radius 2 is 1.68 bits per heavy atom. The summed E-state index contributed by atoms with van der Waals surface area (Å²) >= 11 is 3.41. The zero-order chi connectivity index (χ0) is 39.0. The second-order valence-corrected chi connectivity index (χ2v) is 18.4. The van der Waals surface area contributed by atoms with E-state index in [2.05, 4.69) is 41.9 Å². The summed E-state index contributed by atoms with van der Waals surface area (Å²) in [7, 11) is 0. The van der Waals surface area contributed by atoms with Crippen molar-refractivity contribution in [2.75, 3.05) is 24.6 Å². The highest BCUT2D eigenvalue weighted by atomic mass is 32.2. The van der Waals surface area contributed by atoms with Gasteiger partial charge in [-0.3, -0.25) is 24.0 Å². The van der Waals surface area contributed by atoms with Crippen molar-refractivity contribution < 1.29 is 33.5 Å². The van der Waals surface area contributed by atoms with E-state index in [1.807, 2.05) is 33.8 Å². The standard InChI is InChI=1S/C35H51N9O7S2/c1-8-13-22(26(46)30(48)36-19-24(45)38-25(28-40-42-43-41-28)21-14-10-9-11-15-21)37-29(47)23-18-35(52-16-12-17-53-35)20-44(23)31(49)27(33(2,3)4)39-32(50)51-34(5,6)7/h9-11,14-15,22-23,25,27H,8,12-13,16-20H2,1-7H3,(H,36,48)(H,37,47)(H,38,45)(H,39,50)(H,40,41,42,43)/t22?,23-,25?,27+/m0/s1. The fourth-order valence-electron chi connectivity index (χ4n) is 6.05. The maximum Gasteiger partial charge on any atom is 0.408 e. The van der Waals surface area contributed by atoms with Crippen LogP contribution in [0.5, 0.6) is 0 Å². The van der Waals surface area contributed by atoms with Crippen LogP contribution >= 0.6 is 23.5 Å². The number of aromatic amines is 1. The molecule has 1 aromatic heterocycles. The largest absolute Gasteiger partial charge is 0.444 e. The molecule has 5 N–H and O–H groups in total. The van der Waals surface area contributed by atoms with Crippen molar-refractivity contribution in [2.45, 2.75) is 108 Å². The molecule has 290 valence electrons. The summed E-state index contributed by atoms with van der Waals surface area (Å²) in [6, 6.07) is 4.98. The number of nitrogens with zero attached hydrogens (tertiary/aromatic N) is 4. The first kappa shape index (κ1) is 41.6. The molecular weight excluding hydrogens is 723 g/mol. The molecule has 1 spiro atoms. The minimum Gasteiger partial charge on any atom is -0.444 e. The van der Waals surface area contributed by atoms with E-state index in [1.165, 1.54) is 4.90 Å². The van der Waals surface area contributed by atoms with E-state index in [0.717, 1.165) is 17.9 Å².